The average molecular weight is 283 g/mol. The Morgan fingerprint density at radius 2 is 1.85 bits per heavy atom. The van der Waals surface area contributed by atoms with E-state index in [0.717, 1.165) is 10.3 Å². The quantitative estimate of drug-likeness (QED) is 0.570. The van der Waals surface area contributed by atoms with Gasteiger partial charge in [0.1, 0.15) is 5.75 Å². The van der Waals surface area contributed by atoms with Crippen LogP contribution in [0.25, 0.3) is 10.2 Å². The van der Waals surface area contributed by atoms with Crippen molar-refractivity contribution in [2.24, 2.45) is 17.3 Å². The van der Waals surface area contributed by atoms with E-state index in [-0.39, 0.29) is 5.75 Å². The molecule has 0 fully saturated rings. The van der Waals surface area contributed by atoms with Crippen molar-refractivity contribution >= 4 is 27.8 Å². The number of hydrogen-bond acceptors (Lipinski definition) is 4. The van der Waals surface area contributed by atoms with Gasteiger partial charge >= 0.3 is 0 Å². The topological polar surface area (TPSA) is 49.9 Å². The van der Waals surface area contributed by atoms with Crippen LogP contribution in [0.5, 0.6) is 5.75 Å². The Morgan fingerprint density at radius 3 is 2.65 bits per heavy atom. The van der Waals surface area contributed by atoms with Gasteiger partial charge in [0.15, 0.2) is 0 Å². The molecule has 100 valence electrons. The predicted octanol–water partition coefficient (Wildman–Crippen LogP) is 2.88. The van der Waals surface area contributed by atoms with Gasteiger partial charge in [0.25, 0.3) is 0 Å². The monoisotopic (exact) mass is 283 g/mol. The summed E-state index contributed by atoms with van der Waals surface area (Å²) in [5, 5.41) is 17.9. The minimum atomic E-state index is 0.201. The molecule has 0 atom stereocenters. The number of benzene rings is 2. The lowest BCUT2D eigenvalue weighted by Crippen LogP contribution is -2.08. The Hall–Kier alpha value is -2.40. The van der Waals surface area contributed by atoms with Crippen molar-refractivity contribution in [1.82, 2.24) is 4.57 Å². The van der Waals surface area contributed by atoms with Crippen LogP contribution in [0.2, 0.25) is 0 Å². The molecule has 0 aliphatic heterocycles. The Bertz CT molecular complexity index is 845. The summed E-state index contributed by atoms with van der Waals surface area (Å²) in [5.74, 6) is 0.201. The van der Waals surface area contributed by atoms with Gasteiger partial charge in [-0.1, -0.05) is 35.6 Å². The first kappa shape index (κ1) is 12.6. The van der Waals surface area contributed by atoms with Crippen LogP contribution < -0.4 is 4.80 Å². The van der Waals surface area contributed by atoms with Gasteiger partial charge < -0.3 is 9.67 Å². The number of aromatic hydroxyl groups is 1. The lowest BCUT2D eigenvalue weighted by atomic mass is 10.2. The molecule has 0 aliphatic rings. The van der Waals surface area contributed by atoms with Crippen molar-refractivity contribution in [3.63, 3.8) is 0 Å². The second kappa shape index (κ2) is 5.30. The number of aromatic nitrogens is 1. The van der Waals surface area contributed by atoms with Crippen LogP contribution in [-0.4, -0.2) is 15.9 Å². The van der Waals surface area contributed by atoms with E-state index >= 15 is 0 Å². The third kappa shape index (κ3) is 2.35. The van der Waals surface area contributed by atoms with Crippen molar-refractivity contribution in [3.8, 4) is 5.75 Å². The number of aryl methyl sites for hydroxylation is 1. The summed E-state index contributed by atoms with van der Waals surface area (Å²) < 4.78 is 3.17. The van der Waals surface area contributed by atoms with Crippen LogP contribution in [-0.2, 0) is 7.05 Å². The predicted molar refractivity (Wildman–Crippen MR) is 82.1 cm³/mol. The molecule has 3 aromatic rings. The summed E-state index contributed by atoms with van der Waals surface area (Å²) in [7, 11) is 1.97. The average Bonchev–Trinajstić information content (AvgIpc) is 2.78. The fourth-order valence-corrected chi connectivity index (χ4v) is 2.89. The van der Waals surface area contributed by atoms with Crippen LogP contribution >= 0.6 is 11.3 Å². The summed E-state index contributed by atoms with van der Waals surface area (Å²) in [6.45, 7) is 0. The largest absolute Gasteiger partial charge is 0.507 e. The van der Waals surface area contributed by atoms with Crippen LogP contribution in [0, 0.1) is 0 Å². The van der Waals surface area contributed by atoms with E-state index in [1.807, 2.05) is 29.8 Å². The molecule has 2 aromatic carbocycles. The summed E-state index contributed by atoms with van der Waals surface area (Å²) in [4.78, 5) is 0.817. The molecule has 0 aliphatic carbocycles. The lowest BCUT2D eigenvalue weighted by molar-refractivity contribution is 0.474. The summed E-state index contributed by atoms with van der Waals surface area (Å²) in [6.07, 6.45) is 1.56. The molecule has 0 bridgehead atoms. The molecule has 0 radical (unpaired) electrons. The fraction of sp³-hybridized carbons (Fsp3) is 0.0667. The van der Waals surface area contributed by atoms with E-state index in [0.29, 0.717) is 5.56 Å². The molecule has 0 amide bonds. The Morgan fingerprint density at radius 1 is 1.10 bits per heavy atom. The van der Waals surface area contributed by atoms with Crippen LogP contribution in [0.4, 0.5) is 0 Å². The highest BCUT2D eigenvalue weighted by Gasteiger charge is 2.00. The van der Waals surface area contributed by atoms with E-state index in [1.165, 1.54) is 4.70 Å². The maximum atomic E-state index is 9.64. The standard InChI is InChI=1S/C15H13N3OS/c1-18-12-7-3-5-9-14(12)20-15(18)17-16-10-11-6-2-4-8-13(11)19/h2-10,19H,1H3. The van der Waals surface area contributed by atoms with Gasteiger partial charge in [0.05, 0.1) is 16.4 Å². The summed E-state index contributed by atoms with van der Waals surface area (Å²) in [5.41, 5.74) is 1.79. The molecule has 1 aromatic heterocycles. The Labute approximate surface area is 120 Å². The maximum Gasteiger partial charge on any atom is 0.211 e. The molecule has 5 heteroatoms. The number of thiazole rings is 1. The normalized spacial score (nSPS) is 12.6. The van der Waals surface area contributed by atoms with E-state index < -0.39 is 0 Å². The number of nitrogens with zero attached hydrogens (tertiary/aromatic N) is 3. The number of para-hydroxylation sites is 2. The number of hydrogen-bond donors (Lipinski definition) is 1. The fourth-order valence-electron chi connectivity index (χ4n) is 1.92. The molecule has 0 saturated heterocycles. The SMILES string of the molecule is Cn1c(=NN=Cc2ccccc2O)sc2ccccc21. The first-order valence-electron chi connectivity index (χ1n) is 6.15. The zero-order chi connectivity index (χ0) is 13.9. The zero-order valence-electron chi connectivity index (χ0n) is 10.9. The molecule has 0 saturated carbocycles. The third-order valence-electron chi connectivity index (χ3n) is 2.99. The molecule has 20 heavy (non-hydrogen) atoms. The van der Waals surface area contributed by atoms with E-state index in [9.17, 15) is 5.11 Å². The maximum absolute atomic E-state index is 9.64. The number of phenols is 1. The van der Waals surface area contributed by atoms with Crippen molar-refractivity contribution in [1.29, 1.82) is 0 Å². The molecule has 0 unspecified atom stereocenters. The second-order valence-corrected chi connectivity index (χ2v) is 5.32. The smallest absolute Gasteiger partial charge is 0.211 e. The van der Waals surface area contributed by atoms with Crippen LogP contribution in [0.3, 0.4) is 0 Å². The van der Waals surface area contributed by atoms with Crippen LogP contribution in [0.15, 0.2) is 58.7 Å². The van der Waals surface area contributed by atoms with Gasteiger partial charge in [0.2, 0.25) is 4.80 Å². The summed E-state index contributed by atoms with van der Waals surface area (Å²) >= 11 is 1.58. The van der Waals surface area contributed by atoms with Crippen molar-refractivity contribution in [2.75, 3.05) is 0 Å². The molecule has 3 rings (SSSR count). The highest BCUT2D eigenvalue weighted by atomic mass is 32.1. The van der Waals surface area contributed by atoms with Crippen molar-refractivity contribution in [2.45, 2.75) is 0 Å². The highest BCUT2D eigenvalue weighted by Crippen LogP contribution is 2.15. The Kier molecular flexibility index (Phi) is 3.35. The zero-order valence-corrected chi connectivity index (χ0v) is 11.7. The third-order valence-corrected chi connectivity index (χ3v) is 4.09. The van der Waals surface area contributed by atoms with E-state index in [2.05, 4.69) is 22.3 Å². The van der Waals surface area contributed by atoms with Crippen LogP contribution in [0.1, 0.15) is 5.56 Å². The first-order valence-corrected chi connectivity index (χ1v) is 6.97. The van der Waals surface area contributed by atoms with Gasteiger partial charge in [-0.2, -0.15) is 5.10 Å². The van der Waals surface area contributed by atoms with Gasteiger partial charge in [0, 0.05) is 12.6 Å². The molecule has 1 heterocycles. The van der Waals surface area contributed by atoms with Crippen molar-refractivity contribution in [3.05, 3.63) is 58.9 Å². The molecule has 1 N–H and O–H groups in total. The number of fused-ring (bicyclic) bond motifs is 1. The van der Waals surface area contributed by atoms with E-state index in [1.54, 1.807) is 35.8 Å². The summed E-state index contributed by atoms with van der Waals surface area (Å²) in [6, 6.07) is 15.2. The van der Waals surface area contributed by atoms with E-state index in [4.69, 9.17) is 0 Å². The molecule has 4 nitrogen and oxygen atoms in total. The molecule has 0 spiro atoms. The second-order valence-electron chi connectivity index (χ2n) is 4.31. The van der Waals surface area contributed by atoms with Gasteiger partial charge in [-0.05, 0) is 24.3 Å². The van der Waals surface area contributed by atoms with Crippen molar-refractivity contribution < 1.29 is 5.11 Å². The lowest BCUT2D eigenvalue weighted by Gasteiger charge is -1.94. The number of rotatable bonds is 2. The first-order chi connectivity index (χ1) is 9.75. The minimum absolute atomic E-state index is 0.201. The molecular formula is C15H13N3OS. The highest BCUT2D eigenvalue weighted by molar-refractivity contribution is 7.16. The Balaban J connectivity index is 1.99. The van der Waals surface area contributed by atoms with Gasteiger partial charge in [-0.3, -0.25) is 0 Å². The van der Waals surface area contributed by atoms with Gasteiger partial charge in [-0.15, -0.1) is 5.10 Å². The van der Waals surface area contributed by atoms with Gasteiger partial charge in [-0.25, -0.2) is 0 Å². The molecular weight excluding hydrogens is 270 g/mol. The number of phenolic OH excluding ortho intramolecular Hbond substituents is 1. The minimum Gasteiger partial charge on any atom is -0.507 e.